The summed E-state index contributed by atoms with van der Waals surface area (Å²) in [6.45, 7) is 4.14. The number of hydrogen-bond donors (Lipinski definition) is 1. The molecule has 6 heteroatoms. The highest BCUT2D eigenvalue weighted by Gasteiger charge is 2.28. The highest BCUT2D eigenvalue weighted by Crippen LogP contribution is 2.31. The molecule has 1 saturated carbocycles. The molecule has 1 aromatic rings. The largest absolute Gasteiger partial charge is 0.493 e. The average Bonchev–Trinajstić information content (AvgIpc) is 2.53. The van der Waals surface area contributed by atoms with Crippen molar-refractivity contribution in [1.29, 1.82) is 0 Å². The number of benzene rings is 1. The van der Waals surface area contributed by atoms with E-state index in [9.17, 15) is 9.59 Å². The number of likely N-dealkylation sites (N-methyl/N-ethyl adjacent to an activating group) is 1. The highest BCUT2D eigenvalue weighted by atomic mass is 16.5. The summed E-state index contributed by atoms with van der Waals surface area (Å²) in [5.41, 5.74) is 1.99. The van der Waals surface area contributed by atoms with Crippen molar-refractivity contribution in [3.8, 4) is 11.5 Å². The van der Waals surface area contributed by atoms with Gasteiger partial charge in [0.1, 0.15) is 6.04 Å². The van der Waals surface area contributed by atoms with Crippen LogP contribution in [-0.4, -0.2) is 44.0 Å². The molecule has 1 aromatic carbocycles. The smallest absolute Gasteiger partial charge is 0.244 e. The van der Waals surface area contributed by atoms with Gasteiger partial charge in [0.05, 0.1) is 14.2 Å². The van der Waals surface area contributed by atoms with E-state index in [4.69, 9.17) is 9.47 Å². The van der Waals surface area contributed by atoms with Crippen LogP contribution in [0.2, 0.25) is 0 Å². The lowest BCUT2D eigenvalue weighted by atomic mass is 9.84. The second-order valence-corrected chi connectivity index (χ2v) is 6.69. The van der Waals surface area contributed by atoms with Gasteiger partial charge >= 0.3 is 0 Å². The molecule has 2 rings (SSSR count). The minimum atomic E-state index is -0.529. The fraction of sp³-hybridized carbons (Fsp3) is 0.579. The highest BCUT2D eigenvalue weighted by molar-refractivity contribution is 5.88. The van der Waals surface area contributed by atoms with E-state index in [-0.39, 0.29) is 17.7 Å². The third kappa shape index (κ3) is 4.44. The molecule has 1 atom stereocenters. The summed E-state index contributed by atoms with van der Waals surface area (Å²) in [4.78, 5) is 26.2. The molecule has 0 radical (unpaired) electrons. The van der Waals surface area contributed by atoms with Crippen LogP contribution in [0.25, 0.3) is 0 Å². The van der Waals surface area contributed by atoms with Gasteiger partial charge in [-0.2, -0.15) is 0 Å². The Labute approximate surface area is 149 Å². The molecule has 1 aliphatic carbocycles. The summed E-state index contributed by atoms with van der Waals surface area (Å²) in [5.74, 6) is 1.26. The summed E-state index contributed by atoms with van der Waals surface area (Å²) in [5, 5.41) is 2.83. The summed E-state index contributed by atoms with van der Waals surface area (Å²) < 4.78 is 10.6. The zero-order valence-electron chi connectivity index (χ0n) is 15.7. The van der Waals surface area contributed by atoms with Crippen LogP contribution < -0.4 is 14.8 Å². The van der Waals surface area contributed by atoms with Crippen molar-refractivity contribution in [2.24, 2.45) is 5.92 Å². The van der Waals surface area contributed by atoms with Crippen molar-refractivity contribution in [2.75, 3.05) is 21.3 Å². The van der Waals surface area contributed by atoms with Gasteiger partial charge in [-0.15, -0.1) is 0 Å². The molecule has 2 amide bonds. The lowest BCUT2D eigenvalue weighted by molar-refractivity contribution is -0.137. The molecule has 1 unspecified atom stereocenters. The van der Waals surface area contributed by atoms with Gasteiger partial charge in [0.2, 0.25) is 11.8 Å². The second kappa shape index (κ2) is 8.23. The SMILES string of the molecule is COc1cc(C)c(CN(C)C(=O)C(C)NC(=O)C2CCC2)cc1OC. The van der Waals surface area contributed by atoms with Gasteiger partial charge in [-0.05, 0) is 49.9 Å². The number of methoxy groups -OCH3 is 2. The number of aryl methyl sites for hydroxylation is 1. The standard InChI is InChI=1S/C19H28N2O4/c1-12-9-16(24-4)17(25-5)10-15(12)11-21(3)19(23)13(2)20-18(22)14-7-6-8-14/h9-10,13-14H,6-8,11H2,1-5H3,(H,20,22). The van der Waals surface area contributed by atoms with Crippen molar-refractivity contribution in [2.45, 2.75) is 45.7 Å². The Morgan fingerprint density at radius 3 is 2.36 bits per heavy atom. The quantitative estimate of drug-likeness (QED) is 0.821. The zero-order chi connectivity index (χ0) is 18.6. The predicted octanol–water partition coefficient (Wildman–Crippen LogP) is 2.28. The van der Waals surface area contributed by atoms with Crippen molar-refractivity contribution >= 4 is 11.8 Å². The molecule has 6 nitrogen and oxygen atoms in total. The number of amides is 2. The Hall–Kier alpha value is -2.24. The number of carbonyl (C=O) groups excluding carboxylic acids is 2. The van der Waals surface area contributed by atoms with E-state index in [0.29, 0.717) is 18.0 Å². The van der Waals surface area contributed by atoms with Crippen LogP contribution in [0.3, 0.4) is 0 Å². The van der Waals surface area contributed by atoms with E-state index in [2.05, 4.69) is 5.32 Å². The van der Waals surface area contributed by atoms with Crippen LogP contribution in [0.15, 0.2) is 12.1 Å². The summed E-state index contributed by atoms with van der Waals surface area (Å²) in [7, 11) is 4.92. The summed E-state index contributed by atoms with van der Waals surface area (Å²) in [6, 6.07) is 3.25. The van der Waals surface area contributed by atoms with Gasteiger partial charge in [0, 0.05) is 19.5 Å². The fourth-order valence-corrected chi connectivity index (χ4v) is 2.92. The minimum Gasteiger partial charge on any atom is -0.493 e. The molecule has 25 heavy (non-hydrogen) atoms. The number of ether oxygens (including phenoxy) is 2. The van der Waals surface area contributed by atoms with Gasteiger partial charge in [-0.1, -0.05) is 6.42 Å². The Morgan fingerprint density at radius 1 is 1.24 bits per heavy atom. The van der Waals surface area contributed by atoms with Gasteiger partial charge < -0.3 is 19.7 Å². The minimum absolute atomic E-state index is 0.0113. The van der Waals surface area contributed by atoms with Crippen LogP contribution in [0.5, 0.6) is 11.5 Å². The first kappa shape index (κ1) is 19.1. The second-order valence-electron chi connectivity index (χ2n) is 6.69. The lowest BCUT2D eigenvalue weighted by Gasteiger charge is -2.28. The molecule has 0 aliphatic heterocycles. The summed E-state index contributed by atoms with van der Waals surface area (Å²) in [6.07, 6.45) is 2.94. The lowest BCUT2D eigenvalue weighted by Crippen LogP contribution is -2.48. The van der Waals surface area contributed by atoms with E-state index in [1.54, 1.807) is 33.1 Å². The molecule has 138 valence electrons. The van der Waals surface area contributed by atoms with Crippen molar-refractivity contribution in [3.05, 3.63) is 23.3 Å². The molecular weight excluding hydrogens is 320 g/mol. The van der Waals surface area contributed by atoms with Gasteiger partial charge in [0.15, 0.2) is 11.5 Å². The molecule has 1 fully saturated rings. The van der Waals surface area contributed by atoms with E-state index in [0.717, 1.165) is 30.4 Å². The third-order valence-electron chi connectivity index (χ3n) is 4.83. The van der Waals surface area contributed by atoms with Gasteiger partial charge in [0.25, 0.3) is 0 Å². The van der Waals surface area contributed by atoms with Crippen LogP contribution >= 0.6 is 0 Å². The monoisotopic (exact) mass is 348 g/mol. The number of nitrogens with one attached hydrogen (secondary N) is 1. The molecule has 0 heterocycles. The van der Waals surface area contributed by atoms with Crippen molar-refractivity contribution < 1.29 is 19.1 Å². The maximum Gasteiger partial charge on any atom is 0.244 e. The first-order valence-corrected chi connectivity index (χ1v) is 8.64. The van der Waals surface area contributed by atoms with Crippen LogP contribution in [-0.2, 0) is 16.1 Å². The predicted molar refractivity (Wildman–Crippen MR) is 95.7 cm³/mol. The zero-order valence-corrected chi connectivity index (χ0v) is 15.7. The topological polar surface area (TPSA) is 67.9 Å². The third-order valence-corrected chi connectivity index (χ3v) is 4.83. The van der Waals surface area contributed by atoms with E-state index in [1.165, 1.54) is 0 Å². The normalized spacial score (nSPS) is 15.1. The van der Waals surface area contributed by atoms with Crippen LogP contribution in [0.1, 0.15) is 37.3 Å². The van der Waals surface area contributed by atoms with Crippen LogP contribution in [0.4, 0.5) is 0 Å². The Balaban J connectivity index is 2.01. The molecule has 0 saturated heterocycles. The average molecular weight is 348 g/mol. The number of rotatable bonds is 7. The molecule has 1 aliphatic rings. The van der Waals surface area contributed by atoms with Gasteiger partial charge in [-0.25, -0.2) is 0 Å². The molecular formula is C19H28N2O4. The number of nitrogens with zero attached hydrogens (tertiary/aromatic N) is 1. The molecule has 0 aromatic heterocycles. The Morgan fingerprint density at radius 2 is 1.84 bits per heavy atom. The first-order valence-electron chi connectivity index (χ1n) is 8.64. The van der Waals surface area contributed by atoms with Crippen LogP contribution in [0, 0.1) is 12.8 Å². The Bertz CT molecular complexity index is 641. The Kier molecular flexibility index (Phi) is 6.28. The molecule has 0 bridgehead atoms. The maximum atomic E-state index is 12.6. The van der Waals surface area contributed by atoms with E-state index in [1.807, 2.05) is 19.1 Å². The number of hydrogen-bond acceptors (Lipinski definition) is 4. The van der Waals surface area contributed by atoms with E-state index >= 15 is 0 Å². The first-order chi connectivity index (χ1) is 11.9. The van der Waals surface area contributed by atoms with Crippen molar-refractivity contribution in [1.82, 2.24) is 10.2 Å². The van der Waals surface area contributed by atoms with Crippen molar-refractivity contribution in [3.63, 3.8) is 0 Å². The molecule has 1 N–H and O–H groups in total. The van der Waals surface area contributed by atoms with Gasteiger partial charge in [-0.3, -0.25) is 9.59 Å². The summed E-state index contributed by atoms with van der Waals surface area (Å²) >= 11 is 0. The fourth-order valence-electron chi connectivity index (χ4n) is 2.92. The van der Waals surface area contributed by atoms with E-state index < -0.39 is 6.04 Å². The molecule has 0 spiro atoms. The maximum absolute atomic E-state index is 12.6. The number of carbonyl (C=O) groups is 2.